The Morgan fingerprint density at radius 1 is 1.13 bits per heavy atom. The number of carbonyl (C=O) groups is 1. The highest BCUT2D eigenvalue weighted by molar-refractivity contribution is 6.30. The molecule has 0 saturated carbocycles. The number of halogens is 1. The van der Waals surface area contributed by atoms with Crippen molar-refractivity contribution in [2.75, 3.05) is 0 Å². The van der Waals surface area contributed by atoms with E-state index in [9.17, 15) is 9.90 Å². The number of rotatable bonds is 6. The molecule has 2 aromatic heterocycles. The zero-order valence-corrected chi connectivity index (χ0v) is 17.5. The summed E-state index contributed by atoms with van der Waals surface area (Å²) in [6.07, 6.45) is 4.05. The third-order valence-electron chi connectivity index (χ3n) is 5.84. The van der Waals surface area contributed by atoms with Crippen molar-refractivity contribution in [1.82, 2.24) is 14.6 Å². The van der Waals surface area contributed by atoms with E-state index in [0.29, 0.717) is 22.8 Å². The Morgan fingerprint density at radius 2 is 1.83 bits per heavy atom. The highest BCUT2D eigenvalue weighted by atomic mass is 35.5. The fourth-order valence-corrected chi connectivity index (χ4v) is 4.34. The van der Waals surface area contributed by atoms with Gasteiger partial charge in [0.2, 0.25) is 0 Å². The standard InChI is InChI=1S/C24H22ClN3O2/c1-3-20(17-7-5-4-6-8-17)24(2,23(29)30)21-13-14-26-22-19(15-27-28(21)22)16-9-11-18(25)12-10-16/h4-15,20H,3H2,1-2H3,(H,29,30)/t20?,24-/m0/s1. The molecule has 0 fully saturated rings. The average molecular weight is 420 g/mol. The lowest BCUT2D eigenvalue weighted by molar-refractivity contribution is -0.144. The number of carboxylic acids is 1. The molecule has 1 N–H and O–H groups in total. The van der Waals surface area contributed by atoms with Crippen LogP contribution in [0, 0.1) is 0 Å². The molecule has 1 unspecified atom stereocenters. The van der Waals surface area contributed by atoms with Crippen LogP contribution in [0.1, 0.15) is 37.4 Å². The molecule has 30 heavy (non-hydrogen) atoms. The van der Waals surface area contributed by atoms with Crippen molar-refractivity contribution in [2.24, 2.45) is 0 Å². The van der Waals surface area contributed by atoms with Crippen molar-refractivity contribution >= 4 is 23.2 Å². The fourth-order valence-electron chi connectivity index (χ4n) is 4.22. The average Bonchev–Trinajstić information content (AvgIpc) is 3.19. The summed E-state index contributed by atoms with van der Waals surface area (Å²) in [5, 5.41) is 15.6. The van der Waals surface area contributed by atoms with Gasteiger partial charge in [-0.3, -0.25) is 4.79 Å². The Hall–Kier alpha value is -3.18. The first-order valence-electron chi connectivity index (χ1n) is 9.84. The molecule has 0 saturated heterocycles. The van der Waals surface area contributed by atoms with Crippen molar-refractivity contribution in [3.05, 3.63) is 89.3 Å². The Labute approximate surface area is 180 Å². The first kappa shape index (κ1) is 20.1. The molecule has 152 valence electrons. The minimum absolute atomic E-state index is 0.231. The van der Waals surface area contributed by atoms with Crippen LogP contribution >= 0.6 is 11.6 Å². The lowest BCUT2D eigenvalue weighted by Gasteiger charge is -2.34. The number of carboxylic acid groups (broad SMARTS) is 1. The molecule has 6 heteroatoms. The Bertz CT molecular complexity index is 1190. The van der Waals surface area contributed by atoms with Crippen LogP contribution in [0.25, 0.3) is 16.8 Å². The molecule has 0 aliphatic carbocycles. The number of benzene rings is 2. The number of hydrogen-bond acceptors (Lipinski definition) is 3. The monoisotopic (exact) mass is 419 g/mol. The van der Waals surface area contributed by atoms with Gasteiger partial charge in [-0.1, -0.05) is 61.0 Å². The van der Waals surface area contributed by atoms with Gasteiger partial charge in [-0.25, -0.2) is 9.50 Å². The van der Waals surface area contributed by atoms with E-state index >= 15 is 0 Å². The second-order valence-electron chi connectivity index (χ2n) is 7.51. The van der Waals surface area contributed by atoms with Crippen molar-refractivity contribution in [3.63, 3.8) is 0 Å². The third kappa shape index (κ3) is 3.25. The van der Waals surface area contributed by atoms with Gasteiger partial charge in [-0.05, 0) is 42.7 Å². The molecule has 4 aromatic rings. The second kappa shape index (κ2) is 7.92. The molecule has 0 bridgehead atoms. The summed E-state index contributed by atoms with van der Waals surface area (Å²) in [7, 11) is 0. The molecule has 0 aliphatic rings. The van der Waals surface area contributed by atoms with Gasteiger partial charge in [-0.2, -0.15) is 5.10 Å². The maximum atomic E-state index is 12.7. The molecule has 2 aromatic carbocycles. The molecular formula is C24H22ClN3O2. The van der Waals surface area contributed by atoms with E-state index in [4.69, 9.17) is 11.6 Å². The molecule has 0 aliphatic heterocycles. The fraction of sp³-hybridized carbons (Fsp3) is 0.208. The molecule has 5 nitrogen and oxygen atoms in total. The minimum atomic E-state index is -1.19. The normalized spacial score (nSPS) is 14.4. The molecule has 2 heterocycles. The Balaban J connectivity index is 1.92. The number of aliphatic carboxylic acids is 1. The summed E-state index contributed by atoms with van der Waals surface area (Å²) in [6.45, 7) is 3.79. The van der Waals surface area contributed by atoms with Gasteiger partial charge < -0.3 is 5.11 Å². The van der Waals surface area contributed by atoms with E-state index < -0.39 is 11.4 Å². The van der Waals surface area contributed by atoms with Gasteiger partial charge in [0.1, 0.15) is 5.41 Å². The second-order valence-corrected chi connectivity index (χ2v) is 7.95. The lowest BCUT2D eigenvalue weighted by Crippen LogP contribution is -2.40. The molecule has 4 rings (SSSR count). The van der Waals surface area contributed by atoms with E-state index in [1.807, 2.05) is 61.5 Å². The first-order chi connectivity index (χ1) is 14.5. The van der Waals surface area contributed by atoms with Crippen molar-refractivity contribution < 1.29 is 9.90 Å². The number of nitrogens with zero attached hydrogens (tertiary/aromatic N) is 3. The van der Waals surface area contributed by atoms with E-state index in [-0.39, 0.29) is 5.92 Å². The van der Waals surface area contributed by atoms with E-state index in [1.54, 1.807) is 29.9 Å². The van der Waals surface area contributed by atoms with Crippen molar-refractivity contribution in [2.45, 2.75) is 31.6 Å². The SMILES string of the molecule is CCC(c1ccccc1)[C@](C)(C(=O)O)c1ccnc2c(-c3ccc(Cl)cc3)cnn12. The summed E-state index contributed by atoms with van der Waals surface area (Å²) in [5.41, 5.74) is 2.75. The highest BCUT2D eigenvalue weighted by Crippen LogP contribution is 2.42. The number of fused-ring (bicyclic) bond motifs is 1. The zero-order valence-electron chi connectivity index (χ0n) is 16.8. The van der Waals surface area contributed by atoms with Crippen LogP contribution in [-0.4, -0.2) is 25.7 Å². The summed E-state index contributed by atoms with van der Waals surface area (Å²) in [6, 6.07) is 19.0. The van der Waals surface area contributed by atoms with E-state index in [0.717, 1.165) is 16.7 Å². The van der Waals surface area contributed by atoms with Crippen LogP contribution in [0.15, 0.2) is 73.1 Å². The Morgan fingerprint density at radius 3 is 2.47 bits per heavy atom. The van der Waals surface area contributed by atoms with Gasteiger partial charge in [0.05, 0.1) is 11.9 Å². The van der Waals surface area contributed by atoms with Crippen LogP contribution < -0.4 is 0 Å². The number of aromatic nitrogens is 3. The van der Waals surface area contributed by atoms with Crippen LogP contribution in [-0.2, 0) is 10.2 Å². The summed E-state index contributed by atoms with van der Waals surface area (Å²) < 4.78 is 1.66. The Kier molecular flexibility index (Phi) is 5.31. The lowest BCUT2D eigenvalue weighted by atomic mass is 9.69. The quantitative estimate of drug-likeness (QED) is 0.442. The van der Waals surface area contributed by atoms with Gasteiger partial charge in [0.15, 0.2) is 5.65 Å². The maximum Gasteiger partial charge on any atom is 0.316 e. The zero-order chi connectivity index (χ0) is 21.3. The first-order valence-corrected chi connectivity index (χ1v) is 10.2. The van der Waals surface area contributed by atoms with Gasteiger partial charge in [0.25, 0.3) is 0 Å². The van der Waals surface area contributed by atoms with Crippen LogP contribution in [0.5, 0.6) is 0 Å². The van der Waals surface area contributed by atoms with Gasteiger partial charge >= 0.3 is 5.97 Å². The molecular weight excluding hydrogens is 398 g/mol. The summed E-state index contributed by atoms with van der Waals surface area (Å²) in [4.78, 5) is 17.2. The van der Waals surface area contributed by atoms with Crippen molar-refractivity contribution in [1.29, 1.82) is 0 Å². The third-order valence-corrected chi connectivity index (χ3v) is 6.09. The molecule has 0 radical (unpaired) electrons. The van der Waals surface area contributed by atoms with E-state index in [2.05, 4.69) is 10.1 Å². The van der Waals surface area contributed by atoms with Crippen LogP contribution in [0.3, 0.4) is 0 Å². The predicted molar refractivity (Wildman–Crippen MR) is 118 cm³/mol. The predicted octanol–water partition coefficient (Wildman–Crippen LogP) is 5.59. The molecule has 2 atom stereocenters. The van der Waals surface area contributed by atoms with Crippen LogP contribution in [0.4, 0.5) is 0 Å². The molecule has 0 amide bonds. The van der Waals surface area contributed by atoms with Crippen molar-refractivity contribution in [3.8, 4) is 11.1 Å². The van der Waals surface area contributed by atoms with Crippen LogP contribution in [0.2, 0.25) is 5.02 Å². The molecule has 0 spiro atoms. The van der Waals surface area contributed by atoms with E-state index in [1.165, 1.54) is 0 Å². The topological polar surface area (TPSA) is 67.5 Å². The summed E-state index contributed by atoms with van der Waals surface area (Å²) in [5.74, 6) is -1.13. The number of hydrogen-bond donors (Lipinski definition) is 1. The summed E-state index contributed by atoms with van der Waals surface area (Å²) >= 11 is 6.02. The van der Waals surface area contributed by atoms with Gasteiger partial charge in [0, 0.05) is 22.7 Å². The minimum Gasteiger partial charge on any atom is -0.481 e. The highest BCUT2D eigenvalue weighted by Gasteiger charge is 2.45. The largest absolute Gasteiger partial charge is 0.481 e. The van der Waals surface area contributed by atoms with Gasteiger partial charge in [-0.15, -0.1) is 0 Å². The maximum absolute atomic E-state index is 12.7. The smallest absolute Gasteiger partial charge is 0.316 e.